The minimum atomic E-state index is 0.806. The molecule has 1 fully saturated rings. The third kappa shape index (κ3) is 2.66. The van der Waals surface area contributed by atoms with Gasteiger partial charge in [-0.25, -0.2) is 9.98 Å². The van der Waals surface area contributed by atoms with Gasteiger partial charge in [0, 0.05) is 18.0 Å². The lowest BCUT2D eigenvalue weighted by atomic mass is 10.0. The molecule has 1 aliphatic heterocycles. The van der Waals surface area contributed by atoms with Crippen LogP contribution in [0.4, 0.5) is 5.13 Å². The number of thiazole rings is 1. The largest absolute Gasteiger partial charge is 0.378 e. The molecule has 0 N–H and O–H groups in total. The van der Waals surface area contributed by atoms with Gasteiger partial charge in [-0.3, -0.25) is 0 Å². The summed E-state index contributed by atoms with van der Waals surface area (Å²) >= 11 is 1.76. The van der Waals surface area contributed by atoms with Gasteiger partial charge in [0.25, 0.3) is 0 Å². The molecule has 3 rings (SSSR count). The van der Waals surface area contributed by atoms with Gasteiger partial charge in [0.05, 0.1) is 25.2 Å². The Labute approximate surface area is 105 Å². The normalized spacial score (nSPS) is 20.8. The summed E-state index contributed by atoms with van der Waals surface area (Å²) in [6.45, 7) is 3.49. The highest BCUT2D eigenvalue weighted by Crippen LogP contribution is 2.30. The highest BCUT2D eigenvalue weighted by Gasteiger charge is 2.14. The Morgan fingerprint density at radius 3 is 2.88 bits per heavy atom. The Morgan fingerprint density at radius 2 is 2.06 bits per heavy atom. The van der Waals surface area contributed by atoms with Crippen molar-refractivity contribution in [1.29, 1.82) is 0 Å². The van der Waals surface area contributed by atoms with Crippen molar-refractivity contribution < 1.29 is 4.74 Å². The number of hydrogen-bond acceptors (Lipinski definition) is 4. The van der Waals surface area contributed by atoms with Crippen LogP contribution in [0.25, 0.3) is 0 Å². The molecule has 1 aliphatic carbocycles. The van der Waals surface area contributed by atoms with Crippen LogP contribution < -0.4 is 0 Å². The third-order valence-electron chi connectivity index (χ3n) is 3.21. The van der Waals surface area contributed by atoms with Crippen LogP contribution in [0.1, 0.15) is 23.4 Å². The van der Waals surface area contributed by atoms with Gasteiger partial charge in [0.15, 0.2) is 0 Å². The first-order chi connectivity index (χ1) is 8.42. The molecule has 4 nitrogen and oxygen atoms in total. The lowest BCUT2D eigenvalue weighted by Gasteiger charge is -2.23. The number of rotatable bonds is 2. The molecule has 0 aromatic carbocycles. The van der Waals surface area contributed by atoms with Crippen molar-refractivity contribution in [2.75, 3.05) is 26.3 Å². The van der Waals surface area contributed by atoms with E-state index in [0.29, 0.717) is 0 Å². The number of ether oxygens (including phenoxy) is 1. The number of nitrogens with zero attached hydrogens (tertiary/aromatic N) is 3. The molecule has 0 bridgehead atoms. The van der Waals surface area contributed by atoms with E-state index >= 15 is 0 Å². The zero-order valence-corrected chi connectivity index (χ0v) is 10.7. The quantitative estimate of drug-likeness (QED) is 0.596. The number of fused-ring (bicyclic) bond motifs is 1. The Morgan fingerprint density at radius 1 is 1.24 bits per heavy atom. The number of morpholine rings is 1. The first kappa shape index (κ1) is 11.2. The topological polar surface area (TPSA) is 37.7 Å². The second-order valence-electron chi connectivity index (χ2n) is 4.47. The smallest absolute Gasteiger partial charge is 0.210 e. The van der Waals surface area contributed by atoms with Crippen LogP contribution in [0.5, 0.6) is 0 Å². The minimum Gasteiger partial charge on any atom is -0.378 e. The molecule has 0 saturated carbocycles. The number of hydrogen-bond donors (Lipinski definition) is 0. The van der Waals surface area contributed by atoms with Crippen molar-refractivity contribution in [3.8, 4) is 0 Å². The molecule has 0 amide bonds. The highest BCUT2D eigenvalue weighted by molar-refractivity contribution is 7.15. The summed E-state index contributed by atoms with van der Waals surface area (Å²) in [5.74, 6) is 0. The Balaban J connectivity index is 1.67. The van der Waals surface area contributed by atoms with E-state index in [9.17, 15) is 0 Å². The molecule has 0 unspecified atom stereocenters. The fourth-order valence-corrected chi connectivity index (χ4v) is 3.21. The summed E-state index contributed by atoms with van der Waals surface area (Å²) < 4.78 is 5.30. The van der Waals surface area contributed by atoms with Crippen LogP contribution in [0.3, 0.4) is 0 Å². The zero-order valence-electron chi connectivity index (χ0n) is 9.89. The summed E-state index contributed by atoms with van der Waals surface area (Å²) in [5, 5.41) is 0.920. The van der Waals surface area contributed by atoms with E-state index in [0.717, 1.165) is 37.9 Å². The molecule has 2 aliphatic rings. The van der Waals surface area contributed by atoms with Crippen LogP contribution in [-0.4, -0.2) is 42.5 Å². The highest BCUT2D eigenvalue weighted by atomic mass is 32.1. The Kier molecular flexibility index (Phi) is 3.38. The first-order valence-electron chi connectivity index (χ1n) is 6.26. The molecule has 0 atom stereocenters. The fraction of sp³-hybridized carbons (Fsp3) is 0.667. The van der Waals surface area contributed by atoms with E-state index in [1.807, 2.05) is 6.34 Å². The lowest BCUT2D eigenvalue weighted by molar-refractivity contribution is 0.0701. The number of aromatic nitrogens is 1. The molecule has 1 aromatic heterocycles. The van der Waals surface area contributed by atoms with Crippen LogP contribution in [-0.2, 0) is 17.6 Å². The van der Waals surface area contributed by atoms with Crippen LogP contribution in [0, 0.1) is 0 Å². The van der Waals surface area contributed by atoms with Gasteiger partial charge in [-0.15, -0.1) is 0 Å². The molecule has 17 heavy (non-hydrogen) atoms. The maximum Gasteiger partial charge on any atom is 0.210 e. The van der Waals surface area contributed by atoms with E-state index in [1.165, 1.54) is 29.8 Å². The lowest BCUT2D eigenvalue weighted by Crippen LogP contribution is -2.34. The van der Waals surface area contributed by atoms with Crippen LogP contribution in [0.15, 0.2) is 4.99 Å². The fourth-order valence-electron chi connectivity index (χ4n) is 2.22. The molecular formula is C12H17N3OS. The summed E-state index contributed by atoms with van der Waals surface area (Å²) in [5.41, 5.74) is 1.29. The van der Waals surface area contributed by atoms with Crippen molar-refractivity contribution >= 4 is 22.8 Å². The van der Waals surface area contributed by atoms with Crippen molar-refractivity contribution in [1.82, 2.24) is 9.88 Å². The van der Waals surface area contributed by atoms with Gasteiger partial charge >= 0.3 is 0 Å². The van der Waals surface area contributed by atoms with Gasteiger partial charge in [-0.1, -0.05) is 11.3 Å². The van der Waals surface area contributed by atoms with E-state index in [1.54, 1.807) is 11.3 Å². The molecule has 0 spiro atoms. The van der Waals surface area contributed by atoms with E-state index < -0.39 is 0 Å². The summed E-state index contributed by atoms with van der Waals surface area (Å²) in [6.07, 6.45) is 6.84. The average molecular weight is 251 g/mol. The predicted molar refractivity (Wildman–Crippen MR) is 69.3 cm³/mol. The molecule has 2 heterocycles. The average Bonchev–Trinajstić information content (AvgIpc) is 2.80. The second kappa shape index (κ2) is 5.14. The molecule has 1 aromatic rings. The third-order valence-corrected chi connectivity index (χ3v) is 4.28. The number of aryl methyl sites for hydroxylation is 2. The van der Waals surface area contributed by atoms with E-state index in [2.05, 4.69) is 14.9 Å². The summed E-state index contributed by atoms with van der Waals surface area (Å²) in [7, 11) is 0. The SMILES string of the molecule is C(=N\c1nc2c(s1)CCCC2)/N1CCOCC1. The predicted octanol–water partition coefficient (Wildman–Crippen LogP) is 2.01. The van der Waals surface area contributed by atoms with Crippen molar-refractivity contribution in [2.45, 2.75) is 25.7 Å². The minimum absolute atomic E-state index is 0.806. The molecule has 1 saturated heterocycles. The standard InChI is InChI=1S/C12H17N3OS/c1-2-4-11-10(3-1)14-12(17-11)13-9-15-5-7-16-8-6-15/h9H,1-8H2/b13-9+. The van der Waals surface area contributed by atoms with Crippen LogP contribution >= 0.6 is 11.3 Å². The molecule has 92 valence electrons. The van der Waals surface area contributed by atoms with Crippen LogP contribution in [0.2, 0.25) is 0 Å². The van der Waals surface area contributed by atoms with Crippen molar-refractivity contribution in [2.24, 2.45) is 4.99 Å². The van der Waals surface area contributed by atoms with Gasteiger partial charge in [0.2, 0.25) is 5.13 Å². The zero-order chi connectivity index (χ0) is 11.5. The van der Waals surface area contributed by atoms with Gasteiger partial charge in [0.1, 0.15) is 0 Å². The number of aliphatic imine (C=N–C) groups is 1. The maximum atomic E-state index is 5.30. The van der Waals surface area contributed by atoms with Gasteiger partial charge < -0.3 is 9.64 Å². The summed E-state index contributed by atoms with van der Waals surface area (Å²) in [6, 6.07) is 0. The molecule has 5 heteroatoms. The second-order valence-corrected chi connectivity index (χ2v) is 5.53. The van der Waals surface area contributed by atoms with E-state index in [4.69, 9.17) is 4.74 Å². The van der Waals surface area contributed by atoms with Gasteiger partial charge in [-0.2, -0.15) is 0 Å². The molecule has 0 radical (unpaired) electrons. The van der Waals surface area contributed by atoms with E-state index in [-0.39, 0.29) is 0 Å². The monoisotopic (exact) mass is 251 g/mol. The Hall–Kier alpha value is -0.940. The maximum absolute atomic E-state index is 5.30. The Bertz CT molecular complexity index is 386. The first-order valence-corrected chi connectivity index (χ1v) is 7.08. The molecular weight excluding hydrogens is 234 g/mol. The van der Waals surface area contributed by atoms with Crippen molar-refractivity contribution in [3.05, 3.63) is 10.6 Å². The van der Waals surface area contributed by atoms with Crippen molar-refractivity contribution in [3.63, 3.8) is 0 Å². The summed E-state index contributed by atoms with van der Waals surface area (Å²) in [4.78, 5) is 12.7. The van der Waals surface area contributed by atoms with Gasteiger partial charge in [-0.05, 0) is 25.7 Å².